The summed E-state index contributed by atoms with van der Waals surface area (Å²) in [5, 5.41) is 11.1. The van der Waals surface area contributed by atoms with Crippen molar-refractivity contribution >= 4 is 17.4 Å². The number of aryl methyl sites for hydroxylation is 1. The van der Waals surface area contributed by atoms with Crippen LogP contribution >= 0.6 is 0 Å². The summed E-state index contributed by atoms with van der Waals surface area (Å²) < 4.78 is 5.28. The second-order valence-electron chi connectivity index (χ2n) is 7.26. The minimum Gasteiger partial charge on any atom is -0.507 e. The third kappa shape index (κ3) is 3.77. The molecule has 0 radical (unpaired) electrons. The van der Waals surface area contributed by atoms with Gasteiger partial charge in [0.1, 0.15) is 11.5 Å². The van der Waals surface area contributed by atoms with Gasteiger partial charge in [-0.15, -0.1) is 0 Å². The number of methoxy groups -OCH3 is 1. The van der Waals surface area contributed by atoms with Gasteiger partial charge in [0.15, 0.2) is 0 Å². The fourth-order valence-corrected chi connectivity index (χ4v) is 3.80. The van der Waals surface area contributed by atoms with E-state index in [0.717, 1.165) is 11.1 Å². The Labute approximate surface area is 179 Å². The summed E-state index contributed by atoms with van der Waals surface area (Å²) in [4.78, 5) is 35.7. The van der Waals surface area contributed by atoms with Crippen molar-refractivity contribution in [3.05, 3.63) is 95.1 Å². The summed E-state index contributed by atoms with van der Waals surface area (Å²) in [6.07, 6.45) is 6.50. The van der Waals surface area contributed by atoms with E-state index in [-0.39, 0.29) is 17.9 Å². The summed E-state index contributed by atoms with van der Waals surface area (Å²) in [5.41, 5.74) is 2.68. The second-order valence-corrected chi connectivity index (χ2v) is 7.26. The molecule has 3 heterocycles. The predicted octanol–water partition coefficient (Wildman–Crippen LogP) is 3.42. The molecule has 4 rings (SSSR count). The number of amides is 1. The number of aliphatic hydroxyl groups is 1. The number of nitrogens with zero attached hydrogens (tertiary/aromatic N) is 3. The van der Waals surface area contributed by atoms with E-state index in [1.165, 1.54) is 4.90 Å². The zero-order chi connectivity index (χ0) is 22.0. The van der Waals surface area contributed by atoms with Crippen LogP contribution in [-0.2, 0) is 16.1 Å². The van der Waals surface area contributed by atoms with Gasteiger partial charge in [-0.3, -0.25) is 19.6 Å². The van der Waals surface area contributed by atoms with Crippen LogP contribution in [0.1, 0.15) is 28.3 Å². The summed E-state index contributed by atoms with van der Waals surface area (Å²) in [7, 11) is 1.56. The average Bonchev–Trinajstić information content (AvgIpc) is 3.04. The number of pyridine rings is 2. The highest BCUT2D eigenvalue weighted by molar-refractivity contribution is 6.46. The quantitative estimate of drug-likeness (QED) is 0.390. The number of ether oxygens (including phenoxy) is 1. The van der Waals surface area contributed by atoms with Gasteiger partial charge in [-0.1, -0.05) is 12.1 Å². The Bertz CT molecular complexity index is 1160. The van der Waals surface area contributed by atoms with Crippen LogP contribution in [0.3, 0.4) is 0 Å². The molecule has 1 atom stereocenters. The third-order valence-corrected chi connectivity index (χ3v) is 5.28. The number of likely N-dealkylation sites (tertiary alicyclic amines) is 1. The highest BCUT2D eigenvalue weighted by Gasteiger charge is 2.46. The fourth-order valence-electron chi connectivity index (χ4n) is 3.80. The van der Waals surface area contributed by atoms with Crippen LogP contribution in [0.5, 0.6) is 5.75 Å². The minimum absolute atomic E-state index is 0.0338. The van der Waals surface area contributed by atoms with E-state index in [0.29, 0.717) is 16.9 Å². The first-order chi connectivity index (χ1) is 15.0. The van der Waals surface area contributed by atoms with E-state index in [9.17, 15) is 14.7 Å². The number of carbonyl (C=O) groups is 2. The monoisotopic (exact) mass is 415 g/mol. The van der Waals surface area contributed by atoms with Gasteiger partial charge in [-0.05, 0) is 53.9 Å². The molecular weight excluding hydrogens is 394 g/mol. The van der Waals surface area contributed by atoms with Crippen molar-refractivity contribution in [2.45, 2.75) is 19.5 Å². The summed E-state index contributed by atoms with van der Waals surface area (Å²) >= 11 is 0. The van der Waals surface area contributed by atoms with E-state index in [2.05, 4.69) is 9.97 Å². The second kappa shape index (κ2) is 8.39. The van der Waals surface area contributed by atoms with Gasteiger partial charge in [0.2, 0.25) is 0 Å². The van der Waals surface area contributed by atoms with Gasteiger partial charge in [0.25, 0.3) is 11.7 Å². The Morgan fingerprint density at radius 2 is 1.84 bits per heavy atom. The van der Waals surface area contributed by atoms with Gasteiger partial charge in [0.05, 0.1) is 18.7 Å². The molecule has 1 unspecified atom stereocenters. The lowest BCUT2D eigenvalue weighted by Crippen LogP contribution is -2.29. The molecule has 7 nitrogen and oxygen atoms in total. The van der Waals surface area contributed by atoms with Gasteiger partial charge < -0.3 is 14.7 Å². The number of ketones is 1. The summed E-state index contributed by atoms with van der Waals surface area (Å²) in [6, 6.07) is 11.5. The summed E-state index contributed by atoms with van der Waals surface area (Å²) in [5.74, 6) is -0.975. The Morgan fingerprint density at radius 1 is 1.10 bits per heavy atom. The lowest BCUT2D eigenvalue weighted by molar-refractivity contribution is -0.140. The smallest absolute Gasteiger partial charge is 0.295 e. The first kappa shape index (κ1) is 20.3. The topological polar surface area (TPSA) is 92.6 Å². The number of aliphatic hydroxyl groups excluding tert-OH is 1. The largest absolute Gasteiger partial charge is 0.507 e. The maximum atomic E-state index is 13.0. The van der Waals surface area contributed by atoms with Crippen LogP contribution in [0.4, 0.5) is 0 Å². The van der Waals surface area contributed by atoms with Crippen molar-refractivity contribution in [2.24, 2.45) is 0 Å². The summed E-state index contributed by atoms with van der Waals surface area (Å²) in [6.45, 7) is 2.02. The molecule has 1 aromatic carbocycles. The highest BCUT2D eigenvalue weighted by Crippen LogP contribution is 2.40. The molecule has 2 aromatic heterocycles. The molecule has 1 amide bonds. The van der Waals surface area contributed by atoms with Crippen LogP contribution in [0, 0.1) is 6.92 Å². The van der Waals surface area contributed by atoms with Crippen LogP contribution in [0.2, 0.25) is 0 Å². The van der Waals surface area contributed by atoms with E-state index >= 15 is 0 Å². The SMILES string of the molecule is COc1ccc(/C(O)=C2\C(=O)C(=O)N(Cc3cccnc3)C2c2cccnc2)cc1C. The molecule has 31 heavy (non-hydrogen) atoms. The van der Waals surface area contributed by atoms with Crippen LogP contribution in [0.25, 0.3) is 5.76 Å². The normalized spacial score (nSPS) is 17.7. The molecule has 0 aliphatic carbocycles. The molecular formula is C24H21N3O4. The van der Waals surface area contributed by atoms with Crippen LogP contribution < -0.4 is 4.74 Å². The Hall–Kier alpha value is -4.00. The fraction of sp³-hybridized carbons (Fsp3) is 0.167. The van der Waals surface area contributed by atoms with Crippen molar-refractivity contribution in [3.63, 3.8) is 0 Å². The molecule has 1 aliphatic heterocycles. The molecule has 156 valence electrons. The first-order valence-electron chi connectivity index (χ1n) is 9.73. The standard InChI is InChI=1S/C24H21N3O4/c1-15-11-17(7-8-19(15)31-2)22(28)20-21(18-6-4-10-26-13-18)27(24(30)23(20)29)14-16-5-3-9-25-12-16/h3-13,21,28H,14H2,1-2H3/b22-20+. The van der Waals surface area contributed by atoms with Crippen LogP contribution in [0.15, 0.2) is 72.8 Å². The number of rotatable bonds is 5. The third-order valence-electron chi connectivity index (χ3n) is 5.28. The van der Waals surface area contributed by atoms with E-state index in [4.69, 9.17) is 4.74 Å². The number of benzene rings is 1. The minimum atomic E-state index is -0.767. The maximum absolute atomic E-state index is 13.0. The predicted molar refractivity (Wildman–Crippen MR) is 114 cm³/mol. The lowest BCUT2D eigenvalue weighted by atomic mass is 9.95. The molecule has 1 aliphatic rings. The molecule has 3 aromatic rings. The molecule has 1 saturated heterocycles. The van der Waals surface area contributed by atoms with Gasteiger partial charge in [0, 0.05) is 36.9 Å². The number of aromatic nitrogens is 2. The highest BCUT2D eigenvalue weighted by atomic mass is 16.5. The molecule has 0 spiro atoms. The van der Waals surface area contributed by atoms with Crippen molar-refractivity contribution in [2.75, 3.05) is 7.11 Å². The molecule has 1 N–H and O–H groups in total. The van der Waals surface area contributed by atoms with E-state index < -0.39 is 17.7 Å². The Balaban J connectivity index is 1.85. The van der Waals surface area contributed by atoms with Crippen molar-refractivity contribution < 1.29 is 19.4 Å². The van der Waals surface area contributed by atoms with Gasteiger partial charge in [-0.2, -0.15) is 0 Å². The zero-order valence-corrected chi connectivity index (χ0v) is 17.1. The number of hydrogen-bond donors (Lipinski definition) is 1. The first-order valence-corrected chi connectivity index (χ1v) is 9.73. The van der Waals surface area contributed by atoms with E-state index in [1.807, 2.05) is 13.0 Å². The van der Waals surface area contributed by atoms with Crippen molar-refractivity contribution in [1.29, 1.82) is 0 Å². The number of Topliss-reactive ketones (excluding diaryl/α,β-unsaturated/α-hetero) is 1. The molecule has 0 saturated carbocycles. The molecule has 1 fully saturated rings. The molecule has 0 bridgehead atoms. The van der Waals surface area contributed by atoms with Crippen molar-refractivity contribution in [1.82, 2.24) is 14.9 Å². The van der Waals surface area contributed by atoms with Gasteiger partial charge >= 0.3 is 0 Å². The zero-order valence-electron chi connectivity index (χ0n) is 17.1. The number of hydrogen-bond acceptors (Lipinski definition) is 6. The maximum Gasteiger partial charge on any atom is 0.295 e. The average molecular weight is 415 g/mol. The lowest BCUT2D eigenvalue weighted by Gasteiger charge is -2.25. The Kier molecular flexibility index (Phi) is 5.49. The van der Waals surface area contributed by atoms with Crippen LogP contribution in [-0.4, -0.2) is 38.8 Å². The van der Waals surface area contributed by atoms with Crippen molar-refractivity contribution in [3.8, 4) is 5.75 Å². The Morgan fingerprint density at radius 3 is 2.45 bits per heavy atom. The molecule has 7 heteroatoms. The van der Waals surface area contributed by atoms with Gasteiger partial charge in [-0.25, -0.2) is 0 Å². The number of carbonyl (C=O) groups excluding carboxylic acids is 2. The van der Waals surface area contributed by atoms with E-state index in [1.54, 1.807) is 68.3 Å².